The van der Waals surface area contributed by atoms with Gasteiger partial charge in [-0.3, -0.25) is 4.79 Å². The summed E-state index contributed by atoms with van der Waals surface area (Å²) in [6.45, 7) is 0.0775. The molecule has 3 aromatic rings. The molecular formula is C15H13BrN2O3. The van der Waals surface area contributed by atoms with Crippen molar-refractivity contribution in [2.45, 2.75) is 6.10 Å². The molecule has 21 heavy (non-hydrogen) atoms. The summed E-state index contributed by atoms with van der Waals surface area (Å²) in [7, 11) is 0. The van der Waals surface area contributed by atoms with Crippen LogP contribution in [0, 0.1) is 0 Å². The maximum absolute atomic E-state index is 12.2. The zero-order valence-corrected chi connectivity index (χ0v) is 12.6. The third-order valence-corrected chi connectivity index (χ3v) is 4.02. The van der Waals surface area contributed by atoms with Gasteiger partial charge in [-0.25, -0.2) is 0 Å². The van der Waals surface area contributed by atoms with Crippen LogP contribution in [0.5, 0.6) is 0 Å². The number of carbonyl (C=O) groups excluding carboxylic acids is 1. The SMILES string of the molecule is O=C(NCC(O)c1ccco1)c1[nH]c2ccccc2c1Br. The van der Waals surface area contributed by atoms with Crippen LogP contribution in [0.3, 0.4) is 0 Å². The van der Waals surface area contributed by atoms with Gasteiger partial charge in [-0.15, -0.1) is 0 Å². The number of amides is 1. The lowest BCUT2D eigenvalue weighted by Gasteiger charge is -2.09. The van der Waals surface area contributed by atoms with Crippen molar-refractivity contribution < 1.29 is 14.3 Å². The highest BCUT2D eigenvalue weighted by Crippen LogP contribution is 2.27. The van der Waals surface area contributed by atoms with E-state index in [0.717, 1.165) is 10.9 Å². The van der Waals surface area contributed by atoms with Crippen LogP contribution < -0.4 is 5.32 Å². The van der Waals surface area contributed by atoms with Crippen LogP contribution in [0.1, 0.15) is 22.4 Å². The fourth-order valence-corrected chi connectivity index (χ4v) is 2.75. The van der Waals surface area contributed by atoms with Gasteiger partial charge in [0.15, 0.2) is 0 Å². The number of aromatic amines is 1. The first-order chi connectivity index (χ1) is 10.2. The van der Waals surface area contributed by atoms with Crippen molar-refractivity contribution in [3.63, 3.8) is 0 Å². The number of benzene rings is 1. The molecule has 108 valence electrons. The van der Waals surface area contributed by atoms with Crippen LogP contribution in [0.25, 0.3) is 10.9 Å². The molecule has 0 aliphatic rings. The van der Waals surface area contributed by atoms with Crippen LogP contribution in [-0.4, -0.2) is 22.5 Å². The molecule has 2 aromatic heterocycles. The van der Waals surface area contributed by atoms with Gasteiger partial charge in [0, 0.05) is 10.9 Å². The van der Waals surface area contributed by atoms with Crippen molar-refractivity contribution in [2.75, 3.05) is 6.54 Å². The summed E-state index contributed by atoms with van der Waals surface area (Å²) in [5.74, 6) is 0.134. The van der Waals surface area contributed by atoms with E-state index >= 15 is 0 Å². The number of carbonyl (C=O) groups is 1. The fourth-order valence-electron chi connectivity index (χ4n) is 2.12. The van der Waals surface area contributed by atoms with E-state index < -0.39 is 6.10 Å². The smallest absolute Gasteiger partial charge is 0.269 e. The summed E-state index contributed by atoms with van der Waals surface area (Å²) < 4.78 is 5.80. The van der Waals surface area contributed by atoms with Gasteiger partial charge in [-0.05, 0) is 34.1 Å². The maximum Gasteiger partial charge on any atom is 0.269 e. The number of hydrogen-bond acceptors (Lipinski definition) is 3. The van der Waals surface area contributed by atoms with Crippen LogP contribution in [0.2, 0.25) is 0 Å². The number of nitrogens with one attached hydrogen (secondary N) is 2. The Balaban J connectivity index is 1.74. The molecule has 0 fully saturated rings. The van der Waals surface area contributed by atoms with E-state index in [1.807, 2.05) is 24.3 Å². The maximum atomic E-state index is 12.2. The van der Waals surface area contributed by atoms with Crippen molar-refractivity contribution >= 4 is 32.7 Å². The molecule has 0 radical (unpaired) electrons. The van der Waals surface area contributed by atoms with Crippen molar-refractivity contribution in [3.8, 4) is 0 Å². The molecule has 3 N–H and O–H groups in total. The second-order valence-corrected chi connectivity index (χ2v) is 5.39. The van der Waals surface area contributed by atoms with Gasteiger partial charge in [0.25, 0.3) is 5.91 Å². The molecule has 0 saturated carbocycles. The van der Waals surface area contributed by atoms with Crippen LogP contribution >= 0.6 is 15.9 Å². The Bertz CT molecular complexity index is 764. The zero-order chi connectivity index (χ0) is 14.8. The molecule has 1 amide bonds. The predicted octanol–water partition coefficient (Wildman–Crippen LogP) is 2.99. The molecule has 0 spiro atoms. The Morgan fingerprint density at radius 3 is 2.86 bits per heavy atom. The lowest BCUT2D eigenvalue weighted by atomic mass is 10.2. The second-order valence-electron chi connectivity index (χ2n) is 4.60. The largest absolute Gasteiger partial charge is 0.467 e. The molecule has 1 atom stereocenters. The minimum absolute atomic E-state index is 0.0775. The number of aliphatic hydroxyl groups is 1. The van der Waals surface area contributed by atoms with Gasteiger partial charge in [0.2, 0.25) is 0 Å². The summed E-state index contributed by atoms with van der Waals surface area (Å²) in [5.41, 5.74) is 1.31. The molecule has 3 rings (SSSR count). The molecule has 5 nitrogen and oxygen atoms in total. The third kappa shape index (κ3) is 2.72. The number of H-pyrrole nitrogens is 1. The number of rotatable bonds is 4. The Morgan fingerprint density at radius 1 is 1.33 bits per heavy atom. The predicted molar refractivity (Wildman–Crippen MR) is 82.0 cm³/mol. The molecule has 1 unspecified atom stereocenters. The van der Waals surface area contributed by atoms with E-state index in [9.17, 15) is 9.90 Å². The molecule has 6 heteroatoms. The average molecular weight is 349 g/mol. The van der Waals surface area contributed by atoms with Crippen molar-refractivity contribution in [1.29, 1.82) is 0 Å². The highest BCUT2D eigenvalue weighted by molar-refractivity contribution is 9.10. The number of para-hydroxylation sites is 1. The molecule has 0 aliphatic carbocycles. The highest BCUT2D eigenvalue weighted by Gasteiger charge is 2.17. The van der Waals surface area contributed by atoms with Gasteiger partial charge in [-0.2, -0.15) is 0 Å². The zero-order valence-electron chi connectivity index (χ0n) is 11.0. The summed E-state index contributed by atoms with van der Waals surface area (Å²) in [6, 6.07) is 11.0. The van der Waals surface area contributed by atoms with E-state index in [1.165, 1.54) is 6.26 Å². The number of aromatic nitrogens is 1. The first-order valence-electron chi connectivity index (χ1n) is 6.42. The number of fused-ring (bicyclic) bond motifs is 1. The minimum atomic E-state index is -0.868. The van der Waals surface area contributed by atoms with E-state index in [4.69, 9.17) is 4.42 Å². The first kappa shape index (κ1) is 13.9. The van der Waals surface area contributed by atoms with Crippen molar-refractivity contribution in [1.82, 2.24) is 10.3 Å². The van der Waals surface area contributed by atoms with Gasteiger partial charge >= 0.3 is 0 Å². The standard InChI is InChI=1S/C15H13BrN2O3/c16-13-9-4-1-2-5-10(9)18-14(13)15(20)17-8-11(19)12-6-3-7-21-12/h1-7,11,18-19H,8H2,(H,17,20). The summed E-state index contributed by atoms with van der Waals surface area (Å²) >= 11 is 3.43. The van der Waals surface area contributed by atoms with Crippen molar-refractivity contribution in [3.05, 3.63) is 58.6 Å². The summed E-state index contributed by atoms with van der Waals surface area (Å²) in [4.78, 5) is 15.3. The lowest BCUT2D eigenvalue weighted by molar-refractivity contribution is 0.0896. The van der Waals surface area contributed by atoms with Crippen molar-refractivity contribution in [2.24, 2.45) is 0 Å². The van der Waals surface area contributed by atoms with E-state index in [0.29, 0.717) is 15.9 Å². The summed E-state index contributed by atoms with van der Waals surface area (Å²) in [6.07, 6.45) is 0.612. The number of halogens is 1. The van der Waals surface area contributed by atoms with Gasteiger partial charge in [0.05, 0.1) is 17.3 Å². The van der Waals surface area contributed by atoms with Crippen LogP contribution in [0.4, 0.5) is 0 Å². The van der Waals surface area contributed by atoms with Gasteiger partial charge < -0.3 is 19.8 Å². The molecule has 0 saturated heterocycles. The fraction of sp³-hybridized carbons (Fsp3) is 0.133. The monoisotopic (exact) mass is 348 g/mol. The minimum Gasteiger partial charge on any atom is -0.467 e. The normalized spacial score (nSPS) is 12.5. The average Bonchev–Trinajstić information content (AvgIpc) is 3.13. The Labute approximate surface area is 129 Å². The van der Waals surface area contributed by atoms with E-state index in [1.54, 1.807) is 12.1 Å². The Kier molecular flexibility index (Phi) is 3.81. The molecular weight excluding hydrogens is 336 g/mol. The molecule has 2 heterocycles. The Hall–Kier alpha value is -2.05. The highest BCUT2D eigenvalue weighted by atomic mass is 79.9. The first-order valence-corrected chi connectivity index (χ1v) is 7.22. The lowest BCUT2D eigenvalue weighted by Crippen LogP contribution is -2.28. The quantitative estimate of drug-likeness (QED) is 0.678. The van der Waals surface area contributed by atoms with E-state index in [2.05, 4.69) is 26.2 Å². The number of furan rings is 1. The number of aliphatic hydroxyl groups excluding tert-OH is 1. The summed E-state index contributed by atoms with van der Waals surface area (Å²) in [5, 5.41) is 13.5. The third-order valence-electron chi connectivity index (χ3n) is 3.20. The Morgan fingerprint density at radius 2 is 2.14 bits per heavy atom. The topological polar surface area (TPSA) is 78.3 Å². The second kappa shape index (κ2) is 5.75. The molecule has 1 aromatic carbocycles. The van der Waals surface area contributed by atoms with Gasteiger partial charge in [0.1, 0.15) is 17.6 Å². The van der Waals surface area contributed by atoms with Gasteiger partial charge in [-0.1, -0.05) is 18.2 Å². The number of hydrogen-bond donors (Lipinski definition) is 3. The van der Waals surface area contributed by atoms with Crippen LogP contribution in [0.15, 0.2) is 51.6 Å². The van der Waals surface area contributed by atoms with Crippen LogP contribution in [-0.2, 0) is 0 Å². The molecule has 0 aliphatic heterocycles. The molecule has 0 bridgehead atoms. The van der Waals surface area contributed by atoms with E-state index in [-0.39, 0.29) is 12.5 Å².